The summed E-state index contributed by atoms with van der Waals surface area (Å²) in [5, 5.41) is 1.13. The van der Waals surface area contributed by atoms with Crippen LogP contribution in [0.15, 0.2) is 40.8 Å². The first-order valence-electron chi connectivity index (χ1n) is 5.45. The Bertz CT molecular complexity index is 713. The van der Waals surface area contributed by atoms with Crippen LogP contribution < -0.4 is 0 Å². The second kappa shape index (κ2) is 4.30. The molecule has 0 atom stereocenters. The highest BCUT2D eigenvalue weighted by Crippen LogP contribution is 2.29. The van der Waals surface area contributed by atoms with Crippen LogP contribution in [0.25, 0.3) is 22.6 Å². The molecule has 0 saturated carbocycles. The molecule has 4 heteroatoms. The molecule has 2 aromatic carbocycles. The molecule has 3 rings (SSSR count). The first-order valence-corrected chi connectivity index (χ1v) is 6.21. The van der Waals surface area contributed by atoms with E-state index in [1.807, 2.05) is 25.1 Å². The number of aryl methyl sites for hydroxylation is 1. The summed E-state index contributed by atoms with van der Waals surface area (Å²) in [7, 11) is 0. The number of halogens is 2. The van der Waals surface area contributed by atoms with E-state index in [2.05, 4.69) is 4.98 Å². The maximum atomic E-state index is 5.97. The van der Waals surface area contributed by atoms with Crippen molar-refractivity contribution in [1.82, 2.24) is 4.98 Å². The maximum Gasteiger partial charge on any atom is 0.227 e. The van der Waals surface area contributed by atoms with E-state index >= 15 is 0 Å². The van der Waals surface area contributed by atoms with E-state index in [0.717, 1.165) is 22.2 Å². The molecule has 0 fully saturated rings. The lowest BCUT2D eigenvalue weighted by atomic mass is 10.2. The fourth-order valence-corrected chi connectivity index (χ4v) is 2.36. The third kappa shape index (κ3) is 2.09. The van der Waals surface area contributed by atoms with Gasteiger partial charge >= 0.3 is 0 Å². The summed E-state index contributed by atoms with van der Waals surface area (Å²) in [5.74, 6) is 0.528. The van der Waals surface area contributed by atoms with Gasteiger partial charge in [-0.1, -0.05) is 29.3 Å². The lowest BCUT2D eigenvalue weighted by molar-refractivity contribution is 0.619. The Morgan fingerprint density at radius 2 is 1.72 bits per heavy atom. The predicted molar refractivity (Wildman–Crippen MR) is 74.2 cm³/mol. The van der Waals surface area contributed by atoms with E-state index in [4.69, 9.17) is 27.6 Å². The molecular formula is C14H9Cl2NO. The van der Waals surface area contributed by atoms with Gasteiger partial charge < -0.3 is 4.42 Å². The zero-order chi connectivity index (χ0) is 12.7. The van der Waals surface area contributed by atoms with Crippen LogP contribution in [0.3, 0.4) is 0 Å². The molecule has 0 aliphatic carbocycles. The van der Waals surface area contributed by atoms with Gasteiger partial charge in [0.1, 0.15) is 5.52 Å². The molecule has 0 aliphatic heterocycles. The Balaban J connectivity index is 2.19. The summed E-state index contributed by atoms with van der Waals surface area (Å²) in [4.78, 5) is 4.42. The Morgan fingerprint density at radius 3 is 2.44 bits per heavy atom. The Hall–Kier alpha value is -1.51. The normalized spacial score (nSPS) is 11.1. The summed E-state index contributed by atoms with van der Waals surface area (Å²) in [5.41, 5.74) is 3.50. The molecule has 2 nitrogen and oxygen atoms in total. The van der Waals surface area contributed by atoms with Gasteiger partial charge in [-0.15, -0.1) is 0 Å². The van der Waals surface area contributed by atoms with Crippen molar-refractivity contribution >= 4 is 34.3 Å². The molecule has 0 radical (unpaired) electrons. The highest BCUT2D eigenvalue weighted by atomic mass is 35.5. The number of nitrogens with zero attached hydrogens (tertiary/aromatic N) is 1. The van der Waals surface area contributed by atoms with Gasteiger partial charge in [0, 0.05) is 15.6 Å². The third-order valence-electron chi connectivity index (χ3n) is 2.65. The van der Waals surface area contributed by atoms with Crippen LogP contribution >= 0.6 is 23.2 Å². The number of rotatable bonds is 1. The SMILES string of the molecule is Cc1ccc2nc(-c3cc(Cl)cc(Cl)c3)oc2c1. The minimum Gasteiger partial charge on any atom is -0.436 e. The Kier molecular flexibility index (Phi) is 2.77. The third-order valence-corrected chi connectivity index (χ3v) is 3.09. The molecule has 0 unspecified atom stereocenters. The molecule has 0 spiro atoms. The molecule has 1 aromatic heterocycles. The molecular weight excluding hydrogens is 269 g/mol. The molecule has 0 saturated heterocycles. The molecule has 0 bridgehead atoms. The molecule has 1 heterocycles. The number of fused-ring (bicyclic) bond motifs is 1. The first kappa shape index (κ1) is 11.6. The van der Waals surface area contributed by atoms with E-state index in [1.165, 1.54) is 0 Å². The van der Waals surface area contributed by atoms with Crippen molar-refractivity contribution < 1.29 is 4.42 Å². The van der Waals surface area contributed by atoms with Crippen molar-refractivity contribution in [2.75, 3.05) is 0 Å². The van der Waals surface area contributed by atoms with Crippen molar-refractivity contribution in [3.63, 3.8) is 0 Å². The molecule has 18 heavy (non-hydrogen) atoms. The van der Waals surface area contributed by atoms with Crippen molar-refractivity contribution in [3.05, 3.63) is 52.0 Å². The minimum absolute atomic E-state index is 0.528. The maximum absolute atomic E-state index is 5.97. The lowest BCUT2D eigenvalue weighted by Gasteiger charge is -1.97. The Morgan fingerprint density at radius 1 is 1.00 bits per heavy atom. The number of aromatic nitrogens is 1. The second-order valence-corrected chi connectivity index (χ2v) is 5.02. The van der Waals surface area contributed by atoms with Crippen LogP contribution in [0.4, 0.5) is 0 Å². The van der Waals surface area contributed by atoms with Crippen molar-refractivity contribution in [2.24, 2.45) is 0 Å². The number of benzene rings is 2. The summed E-state index contributed by atoms with van der Waals surface area (Å²) in [6.07, 6.45) is 0. The van der Waals surface area contributed by atoms with Crippen molar-refractivity contribution in [2.45, 2.75) is 6.92 Å². The summed E-state index contributed by atoms with van der Waals surface area (Å²) < 4.78 is 5.72. The average Bonchev–Trinajstić information content (AvgIpc) is 2.70. The summed E-state index contributed by atoms with van der Waals surface area (Å²) in [6.45, 7) is 2.01. The van der Waals surface area contributed by atoms with Crippen LogP contribution in [0.2, 0.25) is 10.0 Å². The predicted octanol–water partition coefficient (Wildman–Crippen LogP) is 5.11. The lowest BCUT2D eigenvalue weighted by Crippen LogP contribution is -1.77. The number of hydrogen-bond donors (Lipinski definition) is 0. The standard InChI is InChI=1S/C14H9Cl2NO/c1-8-2-3-12-13(4-8)18-14(17-12)9-5-10(15)7-11(16)6-9/h2-7H,1H3. The van der Waals surface area contributed by atoms with Gasteiger partial charge in [0.2, 0.25) is 5.89 Å². The fourth-order valence-electron chi connectivity index (χ4n) is 1.83. The van der Waals surface area contributed by atoms with Gasteiger partial charge in [0.25, 0.3) is 0 Å². The largest absolute Gasteiger partial charge is 0.436 e. The molecule has 0 N–H and O–H groups in total. The highest BCUT2D eigenvalue weighted by Gasteiger charge is 2.09. The van der Waals surface area contributed by atoms with Crippen LogP contribution in [-0.4, -0.2) is 4.98 Å². The highest BCUT2D eigenvalue weighted by molar-refractivity contribution is 6.35. The van der Waals surface area contributed by atoms with Gasteiger partial charge in [-0.25, -0.2) is 4.98 Å². The van der Waals surface area contributed by atoms with Crippen LogP contribution in [0.5, 0.6) is 0 Å². The van der Waals surface area contributed by atoms with E-state index in [1.54, 1.807) is 18.2 Å². The van der Waals surface area contributed by atoms with Gasteiger partial charge in [-0.05, 0) is 42.8 Å². The van der Waals surface area contributed by atoms with Crippen LogP contribution in [0, 0.1) is 6.92 Å². The first-order chi connectivity index (χ1) is 8.61. The van der Waals surface area contributed by atoms with Crippen molar-refractivity contribution in [3.8, 4) is 11.5 Å². The number of hydrogen-bond acceptors (Lipinski definition) is 2. The van der Waals surface area contributed by atoms with E-state index in [0.29, 0.717) is 15.9 Å². The van der Waals surface area contributed by atoms with E-state index in [9.17, 15) is 0 Å². The number of oxazole rings is 1. The van der Waals surface area contributed by atoms with Crippen molar-refractivity contribution in [1.29, 1.82) is 0 Å². The van der Waals surface area contributed by atoms with Gasteiger partial charge in [0.05, 0.1) is 0 Å². The second-order valence-electron chi connectivity index (χ2n) is 4.15. The molecule has 0 amide bonds. The monoisotopic (exact) mass is 277 g/mol. The smallest absolute Gasteiger partial charge is 0.227 e. The van der Waals surface area contributed by atoms with E-state index < -0.39 is 0 Å². The zero-order valence-corrected chi connectivity index (χ0v) is 11.1. The Labute approximate surface area is 114 Å². The molecule has 3 aromatic rings. The van der Waals surface area contributed by atoms with Crippen LogP contribution in [0.1, 0.15) is 5.56 Å². The summed E-state index contributed by atoms with van der Waals surface area (Å²) >= 11 is 11.9. The van der Waals surface area contributed by atoms with Gasteiger partial charge in [-0.3, -0.25) is 0 Å². The van der Waals surface area contributed by atoms with Gasteiger partial charge in [-0.2, -0.15) is 0 Å². The quantitative estimate of drug-likeness (QED) is 0.618. The van der Waals surface area contributed by atoms with Gasteiger partial charge in [0.15, 0.2) is 5.58 Å². The zero-order valence-electron chi connectivity index (χ0n) is 9.58. The minimum atomic E-state index is 0.528. The fraction of sp³-hybridized carbons (Fsp3) is 0.0714. The van der Waals surface area contributed by atoms with E-state index in [-0.39, 0.29) is 0 Å². The average molecular weight is 278 g/mol. The summed E-state index contributed by atoms with van der Waals surface area (Å²) in [6, 6.07) is 11.1. The topological polar surface area (TPSA) is 26.0 Å². The molecule has 0 aliphatic rings. The van der Waals surface area contributed by atoms with Crippen LogP contribution in [-0.2, 0) is 0 Å². The molecule has 90 valence electrons.